The molecule has 3 rings (SSSR count). The van der Waals surface area contributed by atoms with Crippen LogP contribution in [-0.2, 0) is 19.4 Å². The normalized spacial score (nSPS) is 19.5. The van der Waals surface area contributed by atoms with Crippen molar-refractivity contribution in [3.8, 4) is 0 Å². The van der Waals surface area contributed by atoms with E-state index in [4.69, 9.17) is 0 Å². The first-order valence-corrected chi connectivity index (χ1v) is 7.65. The van der Waals surface area contributed by atoms with Gasteiger partial charge in [-0.05, 0) is 53.6 Å². The first-order chi connectivity index (χ1) is 8.83. The highest BCUT2D eigenvalue weighted by Crippen LogP contribution is 2.29. The number of hydrogen-bond acceptors (Lipinski definition) is 2. The lowest BCUT2D eigenvalue weighted by molar-refractivity contribution is 0.166. The molecular weight excluding hydrogens is 242 g/mol. The fraction of sp³-hybridized carbons (Fsp3) is 0.467. The SMILES string of the molecule is OC1CCCCc2cn(CCc3ccsc3)cc21. The highest BCUT2D eigenvalue weighted by atomic mass is 32.1. The Hall–Kier alpha value is -1.06. The Kier molecular flexibility index (Phi) is 3.52. The minimum absolute atomic E-state index is 0.245. The average molecular weight is 261 g/mol. The van der Waals surface area contributed by atoms with E-state index in [1.54, 1.807) is 11.3 Å². The van der Waals surface area contributed by atoms with Gasteiger partial charge in [-0.2, -0.15) is 11.3 Å². The van der Waals surface area contributed by atoms with Gasteiger partial charge >= 0.3 is 0 Å². The molecule has 0 radical (unpaired) electrons. The monoisotopic (exact) mass is 261 g/mol. The predicted octanol–water partition coefficient (Wildman–Crippen LogP) is 3.55. The largest absolute Gasteiger partial charge is 0.388 e. The maximum atomic E-state index is 10.1. The summed E-state index contributed by atoms with van der Waals surface area (Å²) in [5.41, 5.74) is 3.92. The van der Waals surface area contributed by atoms with Crippen molar-refractivity contribution < 1.29 is 5.11 Å². The van der Waals surface area contributed by atoms with Crippen LogP contribution in [0.5, 0.6) is 0 Å². The number of aryl methyl sites for hydroxylation is 3. The molecule has 2 nitrogen and oxygen atoms in total. The fourth-order valence-electron chi connectivity index (χ4n) is 2.71. The number of hydrogen-bond donors (Lipinski definition) is 1. The number of fused-ring (bicyclic) bond motifs is 1. The van der Waals surface area contributed by atoms with E-state index in [9.17, 15) is 5.11 Å². The van der Waals surface area contributed by atoms with Gasteiger partial charge in [0.25, 0.3) is 0 Å². The molecule has 0 saturated heterocycles. The zero-order valence-electron chi connectivity index (χ0n) is 10.5. The van der Waals surface area contributed by atoms with E-state index in [1.807, 2.05) is 0 Å². The van der Waals surface area contributed by atoms with E-state index in [1.165, 1.54) is 17.5 Å². The Morgan fingerprint density at radius 2 is 2.28 bits per heavy atom. The second-order valence-corrected chi connectivity index (χ2v) is 5.90. The van der Waals surface area contributed by atoms with Crippen molar-refractivity contribution in [1.29, 1.82) is 0 Å². The molecule has 0 spiro atoms. The van der Waals surface area contributed by atoms with Gasteiger partial charge in [0, 0.05) is 24.5 Å². The van der Waals surface area contributed by atoms with E-state index in [-0.39, 0.29) is 6.10 Å². The van der Waals surface area contributed by atoms with Crippen LogP contribution in [0.15, 0.2) is 29.2 Å². The summed E-state index contributed by atoms with van der Waals surface area (Å²) in [6, 6.07) is 2.19. The summed E-state index contributed by atoms with van der Waals surface area (Å²) in [4.78, 5) is 0. The minimum atomic E-state index is -0.245. The molecule has 0 bridgehead atoms. The van der Waals surface area contributed by atoms with E-state index < -0.39 is 0 Å². The summed E-state index contributed by atoms with van der Waals surface area (Å²) in [5, 5.41) is 14.4. The summed E-state index contributed by atoms with van der Waals surface area (Å²) in [6.45, 7) is 1.01. The van der Waals surface area contributed by atoms with Crippen LogP contribution in [-0.4, -0.2) is 9.67 Å². The Morgan fingerprint density at radius 1 is 1.33 bits per heavy atom. The number of aliphatic hydroxyl groups excluding tert-OH is 1. The molecule has 1 aliphatic carbocycles. The van der Waals surface area contributed by atoms with Crippen LogP contribution in [0.4, 0.5) is 0 Å². The summed E-state index contributed by atoms with van der Waals surface area (Å²) >= 11 is 1.76. The van der Waals surface area contributed by atoms with Crippen LogP contribution in [0.1, 0.15) is 42.1 Å². The van der Waals surface area contributed by atoms with Gasteiger partial charge in [0.15, 0.2) is 0 Å². The lowest BCUT2D eigenvalue weighted by atomic mass is 10.1. The lowest BCUT2D eigenvalue weighted by Gasteiger charge is -2.06. The molecule has 0 saturated carbocycles. The number of aliphatic hydroxyl groups is 1. The molecule has 1 atom stereocenters. The van der Waals surface area contributed by atoms with Crippen molar-refractivity contribution in [1.82, 2.24) is 4.57 Å². The van der Waals surface area contributed by atoms with Gasteiger partial charge in [0.1, 0.15) is 0 Å². The van der Waals surface area contributed by atoms with Gasteiger partial charge in [-0.15, -0.1) is 0 Å². The van der Waals surface area contributed by atoms with Crippen molar-refractivity contribution in [3.05, 3.63) is 45.9 Å². The van der Waals surface area contributed by atoms with Gasteiger partial charge in [0.05, 0.1) is 6.10 Å². The number of rotatable bonds is 3. The maximum Gasteiger partial charge on any atom is 0.0807 e. The number of nitrogens with zero attached hydrogens (tertiary/aromatic N) is 1. The fourth-order valence-corrected chi connectivity index (χ4v) is 3.42. The van der Waals surface area contributed by atoms with Crippen molar-refractivity contribution in [2.75, 3.05) is 0 Å². The Labute approximate surface area is 112 Å². The highest BCUT2D eigenvalue weighted by molar-refractivity contribution is 7.07. The third kappa shape index (κ3) is 2.52. The van der Waals surface area contributed by atoms with Gasteiger partial charge in [-0.1, -0.05) is 6.42 Å². The molecular formula is C15H19NOS. The van der Waals surface area contributed by atoms with Crippen molar-refractivity contribution in [2.24, 2.45) is 0 Å². The minimum Gasteiger partial charge on any atom is -0.388 e. The zero-order chi connectivity index (χ0) is 12.4. The number of thiophene rings is 1. The zero-order valence-corrected chi connectivity index (χ0v) is 11.3. The Morgan fingerprint density at radius 3 is 3.11 bits per heavy atom. The summed E-state index contributed by atoms with van der Waals surface area (Å²) in [6.07, 6.45) is 9.61. The first kappa shape index (κ1) is 12.0. The van der Waals surface area contributed by atoms with Crippen molar-refractivity contribution in [2.45, 2.75) is 44.8 Å². The van der Waals surface area contributed by atoms with Crippen LogP contribution in [0, 0.1) is 0 Å². The van der Waals surface area contributed by atoms with Crippen molar-refractivity contribution >= 4 is 11.3 Å². The second kappa shape index (κ2) is 5.29. The molecule has 0 fully saturated rings. The first-order valence-electron chi connectivity index (χ1n) is 6.70. The summed E-state index contributed by atoms with van der Waals surface area (Å²) < 4.78 is 2.25. The molecule has 18 heavy (non-hydrogen) atoms. The van der Waals surface area contributed by atoms with Crippen LogP contribution in [0.3, 0.4) is 0 Å². The molecule has 2 aromatic rings. The maximum absolute atomic E-state index is 10.1. The van der Waals surface area contributed by atoms with Crippen molar-refractivity contribution in [3.63, 3.8) is 0 Å². The van der Waals surface area contributed by atoms with E-state index in [0.717, 1.165) is 37.8 Å². The molecule has 1 N–H and O–H groups in total. The van der Waals surface area contributed by atoms with Crippen LogP contribution in [0.2, 0.25) is 0 Å². The van der Waals surface area contributed by atoms with E-state index in [0.29, 0.717) is 0 Å². The standard InChI is InChI=1S/C15H19NOS/c17-15-4-2-1-3-13-9-16(10-14(13)15)7-5-12-6-8-18-11-12/h6,8-11,15,17H,1-5,7H2. The Bertz CT molecular complexity index is 501. The molecule has 2 aromatic heterocycles. The van der Waals surface area contributed by atoms with Crippen LogP contribution in [0.25, 0.3) is 0 Å². The average Bonchev–Trinajstić information content (AvgIpc) is 2.98. The molecule has 1 aliphatic rings. The predicted molar refractivity (Wildman–Crippen MR) is 75.0 cm³/mol. The van der Waals surface area contributed by atoms with Gasteiger partial charge < -0.3 is 9.67 Å². The summed E-state index contributed by atoms with van der Waals surface area (Å²) in [7, 11) is 0. The second-order valence-electron chi connectivity index (χ2n) is 5.12. The van der Waals surface area contributed by atoms with Crippen LogP contribution < -0.4 is 0 Å². The molecule has 0 aliphatic heterocycles. The molecule has 96 valence electrons. The van der Waals surface area contributed by atoms with E-state index >= 15 is 0 Å². The molecule has 1 unspecified atom stereocenters. The lowest BCUT2D eigenvalue weighted by Crippen LogP contribution is -1.99. The van der Waals surface area contributed by atoms with Crippen LogP contribution >= 0.6 is 11.3 Å². The third-order valence-corrected chi connectivity index (χ3v) is 4.50. The van der Waals surface area contributed by atoms with Gasteiger partial charge in [-0.25, -0.2) is 0 Å². The third-order valence-electron chi connectivity index (χ3n) is 3.77. The molecule has 3 heteroatoms. The number of aromatic nitrogens is 1. The topological polar surface area (TPSA) is 25.2 Å². The van der Waals surface area contributed by atoms with Gasteiger partial charge in [-0.3, -0.25) is 0 Å². The van der Waals surface area contributed by atoms with E-state index in [2.05, 4.69) is 33.8 Å². The smallest absolute Gasteiger partial charge is 0.0807 e. The molecule has 0 amide bonds. The highest BCUT2D eigenvalue weighted by Gasteiger charge is 2.18. The summed E-state index contributed by atoms with van der Waals surface area (Å²) in [5.74, 6) is 0. The quantitative estimate of drug-likeness (QED) is 0.840. The molecule has 2 heterocycles. The Balaban J connectivity index is 1.72. The molecule has 0 aromatic carbocycles. The van der Waals surface area contributed by atoms with Gasteiger partial charge in [0.2, 0.25) is 0 Å².